The highest BCUT2D eigenvalue weighted by Gasteiger charge is 2.60. The Labute approximate surface area is 252 Å². The Morgan fingerprint density at radius 3 is 1.93 bits per heavy atom. The average Bonchev–Trinajstić information content (AvgIpc) is 3.03. The number of hydrogen-bond acceptors (Lipinski definition) is 4. The topological polar surface area (TPSA) is 71.5 Å². The number of aliphatic hydroxyl groups is 1. The third-order valence-corrected chi connectivity index (χ3v) is 9.19. The van der Waals surface area contributed by atoms with Crippen molar-refractivity contribution in [1.29, 1.82) is 0 Å². The molecule has 3 aromatic carbocycles. The van der Waals surface area contributed by atoms with Gasteiger partial charge in [-0.15, -0.1) is 0 Å². The zero-order valence-electron chi connectivity index (χ0n) is 23.1. The smallest absolute Gasteiger partial charge is 0.256 e. The van der Waals surface area contributed by atoms with Crippen LogP contribution in [0.15, 0.2) is 109 Å². The first-order valence-corrected chi connectivity index (χ1v) is 14.2. The van der Waals surface area contributed by atoms with Gasteiger partial charge in [-0.25, -0.2) is 4.98 Å². The highest BCUT2D eigenvalue weighted by atomic mass is 79.9. The number of carbonyl (C=O) groups excluding carboxylic acids is 1. The summed E-state index contributed by atoms with van der Waals surface area (Å²) in [7, 11) is 0. The van der Waals surface area contributed by atoms with Gasteiger partial charge in [0.1, 0.15) is 16.9 Å². The molecule has 2 bridgehead atoms. The summed E-state index contributed by atoms with van der Waals surface area (Å²) in [5.41, 5.74) is 1.13. The predicted molar refractivity (Wildman–Crippen MR) is 155 cm³/mol. The molecular formula is C34H36BrN3O3. The van der Waals surface area contributed by atoms with Crippen molar-refractivity contribution >= 4 is 5.91 Å². The number of ether oxygens (including phenoxy) is 1. The fourth-order valence-corrected chi connectivity index (χ4v) is 6.83. The Balaban J connectivity index is 0.00000337. The molecule has 0 spiro atoms. The molecule has 212 valence electrons. The second-order valence-electron chi connectivity index (χ2n) is 11.2. The number of amides is 1. The predicted octanol–water partition coefficient (Wildman–Crippen LogP) is 2.54. The molecular weight excluding hydrogens is 578 g/mol. The first-order chi connectivity index (χ1) is 19.5. The van der Waals surface area contributed by atoms with E-state index in [0.29, 0.717) is 23.7 Å². The molecule has 0 radical (unpaired) electrons. The second-order valence-corrected chi connectivity index (χ2v) is 11.2. The highest BCUT2D eigenvalue weighted by Crippen LogP contribution is 2.57. The van der Waals surface area contributed by atoms with E-state index in [1.807, 2.05) is 66.7 Å². The molecule has 7 heteroatoms. The lowest BCUT2D eigenvalue weighted by Gasteiger charge is -2.60. The molecule has 0 aliphatic carbocycles. The van der Waals surface area contributed by atoms with Gasteiger partial charge in [0.25, 0.3) is 5.91 Å². The normalized spacial score (nSPS) is 21.5. The molecule has 3 aliphatic heterocycles. The van der Waals surface area contributed by atoms with Crippen LogP contribution in [0.5, 0.6) is 11.6 Å². The number of carbonyl (C=O) groups is 1. The molecule has 6 nitrogen and oxygen atoms in total. The van der Waals surface area contributed by atoms with Gasteiger partial charge in [0.05, 0.1) is 32.7 Å². The molecule has 3 aliphatic rings. The van der Waals surface area contributed by atoms with Gasteiger partial charge in [0.2, 0.25) is 5.88 Å². The Hall–Kier alpha value is -3.52. The maximum absolute atomic E-state index is 13.1. The number of fused-ring (bicyclic) bond motifs is 3. The Morgan fingerprint density at radius 1 is 0.829 bits per heavy atom. The summed E-state index contributed by atoms with van der Waals surface area (Å²) >= 11 is 0. The van der Waals surface area contributed by atoms with Crippen LogP contribution in [0, 0.1) is 5.41 Å². The van der Waals surface area contributed by atoms with Gasteiger partial charge in [-0.1, -0.05) is 78.9 Å². The van der Waals surface area contributed by atoms with Crippen molar-refractivity contribution in [2.45, 2.75) is 24.9 Å². The van der Waals surface area contributed by atoms with E-state index in [2.05, 4.69) is 34.6 Å². The number of halogens is 1. The number of rotatable bonds is 9. The van der Waals surface area contributed by atoms with Crippen LogP contribution in [0.4, 0.5) is 0 Å². The Kier molecular flexibility index (Phi) is 8.59. The van der Waals surface area contributed by atoms with Gasteiger partial charge in [0, 0.05) is 30.9 Å². The van der Waals surface area contributed by atoms with Crippen LogP contribution in [0.3, 0.4) is 0 Å². The van der Waals surface area contributed by atoms with Gasteiger partial charge in [-0.05, 0) is 35.4 Å². The minimum Gasteiger partial charge on any atom is -1.00 e. The summed E-state index contributed by atoms with van der Waals surface area (Å²) in [5.74, 6) is 0.771. The van der Waals surface area contributed by atoms with E-state index in [9.17, 15) is 9.90 Å². The van der Waals surface area contributed by atoms with Crippen molar-refractivity contribution in [1.82, 2.24) is 10.3 Å². The minimum atomic E-state index is -1.03. The number of aromatic nitrogens is 1. The van der Waals surface area contributed by atoms with Crippen LogP contribution < -0.4 is 27.0 Å². The van der Waals surface area contributed by atoms with Crippen molar-refractivity contribution < 1.29 is 36.1 Å². The molecule has 3 fully saturated rings. The number of benzene rings is 3. The fourth-order valence-electron chi connectivity index (χ4n) is 6.83. The maximum atomic E-state index is 13.1. The van der Waals surface area contributed by atoms with E-state index < -0.39 is 5.60 Å². The number of quaternary nitrogens is 1. The third-order valence-electron chi connectivity index (χ3n) is 9.19. The zero-order chi connectivity index (χ0) is 27.5. The molecule has 0 atom stereocenters. The average molecular weight is 615 g/mol. The van der Waals surface area contributed by atoms with Crippen molar-refractivity contribution in [3.05, 3.63) is 126 Å². The van der Waals surface area contributed by atoms with Crippen molar-refractivity contribution in [3.8, 4) is 11.6 Å². The van der Waals surface area contributed by atoms with Crippen LogP contribution in [0.1, 0.15) is 40.7 Å². The lowest BCUT2D eigenvalue weighted by Crippen LogP contribution is -3.00. The Morgan fingerprint density at radius 2 is 1.37 bits per heavy atom. The van der Waals surface area contributed by atoms with Crippen molar-refractivity contribution in [2.24, 2.45) is 5.41 Å². The molecule has 1 aromatic heterocycles. The molecule has 2 N–H and O–H groups in total. The summed E-state index contributed by atoms with van der Waals surface area (Å²) in [6, 6.07) is 33.2. The second kappa shape index (κ2) is 12.1. The molecule has 4 heterocycles. The van der Waals surface area contributed by atoms with Crippen molar-refractivity contribution in [3.63, 3.8) is 0 Å². The standard InChI is InChI=1S/C34H35N3O3.BrH/c38-31(30-17-10-21-36-32(30)40-29-15-8-3-9-16-29)35-22-26-37-23-18-33(19-24-37,20-25-37)34(39,27-11-4-1-5-12-27)28-13-6-2-7-14-28;/h1-17,21,39H,18-20,22-26H2;1H. The number of hydrogen-bond donors (Lipinski definition) is 2. The quantitative estimate of drug-likeness (QED) is 0.285. The number of para-hydroxylation sites is 1. The fraction of sp³-hybridized carbons (Fsp3) is 0.294. The summed E-state index contributed by atoms with van der Waals surface area (Å²) in [4.78, 5) is 17.4. The van der Waals surface area contributed by atoms with Crippen molar-refractivity contribution in [2.75, 3.05) is 32.7 Å². The lowest BCUT2D eigenvalue weighted by atomic mass is 9.56. The summed E-state index contributed by atoms with van der Waals surface area (Å²) in [5, 5.41) is 15.7. The molecule has 0 saturated carbocycles. The number of nitrogens with zero attached hydrogens (tertiary/aromatic N) is 2. The number of nitrogens with one attached hydrogen (secondary N) is 1. The molecule has 0 unspecified atom stereocenters. The largest absolute Gasteiger partial charge is 1.00 e. The highest BCUT2D eigenvalue weighted by molar-refractivity contribution is 5.96. The molecule has 7 rings (SSSR count). The van der Waals surface area contributed by atoms with Crippen LogP contribution in [0.2, 0.25) is 0 Å². The van der Waals surface area contributed by atoms with Crippen LogP contribution in [-0.2, 0) is 5.60 Å². The first kappa shape index (κ1) is 29.0. The van der Waals surface area contributed by atoms with Crippen LogP contribution in [-0.4, -0.2) is 53.2 Å². The van der Waals surface area contributed by atoms with E-state index in [1.54, 1.807) is 18.3 Å². The SMILES string of the molecule is O=C(NCC[N+]12CCC(C(O)(c3ccccc3)c3ccccc3)(CC1)CC2)c1cccnc1Oc1ccccc1.[Br-]. The monoisotopic (exact) mass is 613 g/mol. The summed E-state index contributed by atoms with van der Waals surface area (Å²) in [6.45, 7) is 4.42. The first-order valence-electron chi connectivity index (χ1n) is 14.2. The van der Waals surface area contributed by atoms with Gasteiger partial charge in [-0.2, -0.15) is 0 Å². The molecule has 3 saturated heterocycles. The summed E-state index contributed by atoms with van der Waals surface area (Å²) in [6.07, 6.45) is 4.46. The number of piperidine rings is 3. The minimum absolute atomic E-state index is 0. The van der Waals surface area contributed by atoms with Gasteiger partial charge in [-0.3, -0.25) is 4.79 Å². The maximum Gasteiger partial charge on any atom is 0.256 e. The van der Waals surface area contributed by atoms with Gasteiger partial charge < -0.3 is 36.6 Å². The molecule has 4 aromatic rings. The Bertz CT molecular complexity index is 1390. The molecule has 1 amide bonds. The van der Waals surface area contributed by atoms with E-state index in [0.717, 1.165) is 61.1 Å². The summed E-state index contributed by atoms with van der Waals surface area (Å²) < 4.78 is 6.86. The van der Waals surface area contributed by atoms with E-state index in [4.69, 9.17) is 4.74 Å². The molecule has 41 heavy (non-hydrogen) atoms. The van der Waals surface area contributed by atoms with E-state index in [-0.39, 0.29) is 28.3 Å². The lowest BCUT2D eigenvalue weighted by molar-refractivity contribution is -0.945. The van der Waals surface area contributed by atoms with Gasteiger partial charge >= 0.3 is 0 Å². The number of pyridine rings is 1. The third kappa shape index (κ3) is 5.54. The van der Waals surface area contributed by atoms with Gasteiger partial charge in [0.15, 0.2) is 0 Å². The van der Waals surface area contributed by atoms with Crippen LogP contribution >= 0.6 is 0 Å². The van der Waals surface area contributed by atoms with E-state index in [1.165, 1.54) is 0 Å². The van der Waals surface area contributed by atoms with Crippen LogP contribution in [0.25, 0.3) is 0 Å². The zero-order valence-corrected chi connectivity index (χ0v) is 24.7. The van der Waals surface area contributed by atoms with E-state index >= 15 is 0 Å².